The molecule has 0 aromatic carbocycles. The van der Waals surface area contributed by atoms with Crippen LogP contribution in [0.15, 0.2) is 12.3 Å². The van der Waals surface area contributed by atoms with E-state index in [1.54, 1.807) is 6.07 Å². The summed E-state index contributed by atoms with van der Waals surface area (Å²) in [6.07, 6.45) is 7.49. The maximum absolute atomic E-state index is 10.7. The third-order valence-corrected chi connectivity index (χ3v) is 4.03. The first-order valence-electron chi connectivity index (χ1n) is 6.99. The van der Waals surface area contributed by atoms with Gasteiger partial charge < -0.3 is 5.32 Å². The highest BCUT2D eigenvalue weighted by Crippen LogP contribution is 2.30. The van der Waals surface area contributed by atoms with Crippen molar-refractivity contribution in [3.05, 3.63) is 27.9 Å². The zero-order valence-electron chi connectivity index (χ0n) is 11.6. The number of pyridine rings is 1. The van der Waals surface area contributed by atoms with Gasteiger partial charge in [0.05, 0.1) is 4.92 Å². The molecular formula is C14H21N3O2. The molecule has 1 aliphatic rings. The molecule has 1 aromatic rings. The van der Waals surface area contributed by atoms with E-state index < -0.39 is 4.92 Å². The smallest absolute Gasteiger partial charge is 0.287 e. The van der Waals surface area contributed by atoms with E-state index in [1.807, 2.05) is 6.92 Å². The van der Waals surface area contributed by atoms with Crippen molar-refractivity contribution in [1.82, 2.24) is 4.98 Å². The van der Waals surface area contributed by atoms with E-state index in [-0.39, 0.29) is 5.69 Å². The van der Waals surface area contributed by atoms with Crippen molar-refractivity contribution < 1.29 is 4.92 Å². The first kappa shape index (κ1) is 13.8. The van der Waals surface area contributed by atoms with Crippen LogP contribution in [-0.4, -0.2) is 15.9 Å². The minimum atomic E-state index is -0.404. The minimum absolute atomic E-state index is 0.0544. The van der Waals surface area contributed by atoms with Crippen LogP contribution in [0.2, 0.25) is 0 Å². The highest BCUT2D eigenvalue weighted by molar-refractivity contribution is 5.48. The summed E-state index contributed by atoms with van der Waals surface area (Å²) in [7, 11) is 0. The van der Waals surface area contributed by atoms with E-state index in [2.05, 4.69) is 17.2 Å². The quantitative estimate of drug-likeness (QED) is 0.664. The van der Waals surface area contributed by atoms with Crippen LogP contribution in [0.5, 0.6) is 0 Å². The number of hydrogen-bond acceptors (Lipinski definition) is 4. The lowest BCUT2D eigenvalue weighted by Crippen LogP contribution is -2.32. The van der Waals surface area contributed by atoms with Crippen LogP contribution in [0.4, 0.5) is 11.5 Å². The summed E-state index contributed by atoms with van der Waals surface area (Å²) in [5.74, 6) is 1.47. The molecule has 0 amide bonds. The maximum Gasteiger partial charge on any atom is 0.287 e. The van der Waals surface area contributed by atoms with Crippen LogP contribution < -0.4 is 5.32 Å². The predicted octanol–water partition coefficient (Wildman–Crippen LogP) is 3.68. The molecule has 2 unspecified atom stereocenters. The SMILES string of the molecule is CCC1CCCCC1Nc1ncc([N+](=O)[O-])cc1C. The highest BCUT2D eigenvalue weighted by atomic mass is 16.6. The molecule has 5 heteroatoms. The Labute approximate surface area is 113 Å². The molecule has 2 atom stereocenters. The molecule has 1 aromatic heterocycles. The highest BCUT2D eigenvalue weighted by Gasteiger charge is 2.24. The van der Waals surface area contributed by atoms with Gasteiger partial charge in [0, 0.05) is 12.1 Å². The second-order valence-electron chi connectivity index (χ2n) is 5.32. The van der Waals surface area contributed by atoms with E-state index in [4.69, 9.17) is 0 Å². The van der Waals surface area contributed by atoms with Crippen LogP contribution in [0.1, 0.15) is 44.6 Å². The maximum atomic E-state index is 10.7. The molecule has 19 heavy (non-hydrogen) atoms. The summed E-state index contributed by atoms with van der Waals surface area (Å²) in [5, 5.41) is 14.2. The fraction of sp³-hybridized carbons (Fsp3) is 0.643. The molecule has 0 saturated heterocycles. The van der Waals surface area contributed by atoms with Crippen LogP contribution in [0, 0.1) is 23.0 Å². The van der Waals surface area contributed by atoms with Crippen molar-refractivity contribution in [1.29, 1.82) is 0 Å². The summed E-state index contributed by atoms with van der Waals surface area (Å²) in [6.45, 7) is 4.09. The van der Waals surface area contributed by atoms with E-state index in [0.29, 0.717) is 12.0 Å². The van der Waals surface area contributed by atoms with Crippen molar-refractivity contribution in [2.45, 2.75) is 52.0 Å². The van der Waals surface area contributed by atoms with E-state index in [9.17, 15) is 10.1 Å². The third kappa shape index (κ3) is 3.22. The molecule has 0 spiro atoms. The van der Waals surface area contributed by atoms with Gasteiger partial charge >= 0.3 is 0 Å². The van der Waals surface area contributed by atoms with Gasteiger partial charge in [0.1, 0.15) is 12.0 Å². The van der Waals surface area contributed by atoms with Gasteiger partial charge in [-0.05, 0) is 31.2 Å². The number of nitrogens with one attached hydrogen (secondary N) is 1. The summed E-state index contributed by atoms with van der Waals surface area (Å²) in [5.41, 5.74) is 0.897. The van der Waals surface area contributed by atoms with Crippen molar-refractivity contribution in [3.63, 3.8) is 0 Å². The number of aryl methyl sites for hydroxylation is 1. The normalized spacial score (nSPS) is 23.1. The van der Waals surface area contributed by atoms with E-state index in [0.717, 1.165) is 17.8 Å². The Bertz CT molecular complexity index is 462. The van der Waals surface area contributed by atoms with Crippen LogP contribution in [0.3, 0.4) is 0 Å². The first-order valence-corrected chi connectivity index (χ1v) is 6.99. The molecule has 0 aliphatic heterocycles. The Kier molecular flexibility index (Phi) is 4.35. The lowest BCUT2D eigenvalue weighted by atomic mass is 9.83. The van der Waals surface area contributed by atoms with Gasteiger partial charge in [0.25, 0.3) is 5.69 Å². The fourth-order valence-electron chi connectivity index (χ4n) is 2.87. The van der Waals surface area contributed by atoms with Gasteiger partial charge in [0.2, 0.25) is 0 Å². The van der Waals surface area contributed by atoms with Gasteiger partial charge in [-0.25, -0.2) is 4.98 Å². The van der Waals surface area contributed by atoms with Gasteiger partial charge in [-0.3, -0.25) is 10.1 Å². The summed E-state index contributed by atoms with van der Waals surface area (Å²) >= 11 is 0. The van der Waals surface area contributed by atoms with Crippen molar-refractivity contribution in [3.8, 4) is 0 Å². The van der Waals surface area contributed by atoms with Crippen molar-refractivity contribution in [2.75, 3.05) is 5.32 Å². The average molecular weight is 263 g/mol. The van der Waals surface area contributed by atoms with Crippen molar-refractivity contribution >= 4 is 11.5 Å². The Morgan fingerprint density at radius 3 is 2.84 bits per heavy atom. The Hall–Kier alpha value is -1.65. The molecule has 104 valence electrons. The number of aromatic nitrogens is 1. The topological polar surface area (TPSA) is 68.1 Å². The molecule has 1 fully saturated rings. The summed E-state index contributed by atoms with van der Waals surface area (Å²) in [6, 6.07) is 2.03. The number of nitro groups is 1. The Balaban J connectivity index is 2.11. The number of anilines is 1. The van der Waals surface area contributed by atoms with Crippen LogP contribution >= 0.6 is 0 Å². The van der Waals surface area contributed by atoms with Gasteiger partial charge in [-0.15, -0.1) is 0 Å². The fourth-order valence-corrected chi connectivity index (χ4v) is 2.87. The van der Waals surface area contributed by atoms with Crippen LogP contribution in [0.25, 0.3) is 0 Å². The van der Waals surface area contributed by atoms with E-state index >= 15 is 0 Å². The monoisotopic (exact) mass is 263 g/mol. The molecule has 0 bridgehead atoms. The third-order valence-electron chi connectivity index (χ3n) is 4.03. The number of hydrogen-bond donors (Lipinski definition) is 1. The Morgan fingerprint density at radius 2 is 2.21 bits per heavy atom. The molecule has 5 nitrogen and oxygen atoms in total. The van der Waals surface area contributed by atoms with Crippen molar-refractivity contribution in [2.24, 2.45) is 5.92 Å². The molecule has 1 aliphatic carbocycles. The largest absolute Gasteiger partial charge is 0.367 e. The standard InChI is InChI=1S/C14H21N3O2/c1-3-11-6-4-5-7-13(11)16-14-10(2)8-12(9-15-14)17(18)19/h8-9,11,13H,3-7H2,1-2H3,(H,15,16). The van der Waals surface area contributed by atoms with E-state index in [1.165, 1.54) is 31.9 Å². The molecule has 1 heterocycles. The Morgan fingerprint density at radius 1 is 1.47 bits per heavy atom. The summed E-state index contributed by atoms with van der Waals surface area (Å²) in [4.78, 5) is 14.5. The average Bonchev–Trinajstić information content (AvgIpc) is 2.41. The summed E-state index contributed by atoms with van der Waals surface area (Å²) < 4.78 is 0. The molecule has 1 saturated carbocycles. The lowest BCUT2D eigenvalue weighted by Gasteiger charge is -2.32. The number of nitrogens with zero attached hydrogens (tertiary/aromatic N) is 2. The first-order chi connectivity index (χ1) is 9.11. The minimum Gasteiger partial charge on any atom is -0.367 e. The molecular weight excluding hydrogens is 242 g/mol. The molecule has 1 N–H and O–H groups in total. The van der Waals surface area contributed by atoms with Gasteiger partial charge in [-0.2, -0.15) is 0 Å². The molecule has 2 rings (SSSR count). The zero-order valence-corrected chi connectivity index (χ0v) is 11.6. The second-order valence-corrected chi connectivity index (χ2v) is 5.32. The second kappa shape index (κ2) is 5.99. The number of rotatable bonds is 4. The predicted molar refractivity (Wildman–Crippen MR) is 75.3 cm³/mol. The van der Waals surface area contributed by atoms with Gasteiger partial charge in [0.15, 0.2) is 0 Å². The molecule has 0 radical (unpaired) electrons. The lowest BCUT2D eigenvalue weighted by molar-refractivity contribution is -0.385. The zero-order chi connectivity index (χ0) is 13.8. The van der Waals surface area contributed by atoms with Crippen LogP contribution in [-0.2, 0) is 0 Å². The van der Waals surface area contributed by atoms with Gasteiger partial charge in [-0.1, -0.05) is 26.2 Å².